The largest absolute Gasteiger partial charge is 0.369 e. The fourth-order valence-electron chi connectivity index (χ4n) is 4.57. The Morgan fingerprint density at radius 1 is 1.09 bits per heavy atom. The summed E-state index contributed by atoms with van der Waals surface area (Å²) in [6.07, 6.45) is 10.9. The molecule has 1 N–H and O–H groups in total. The maximum Gasteiger partial charge on any atom is 0.214 e. The third-order valence-corrected chi connectivity index (χ3v) is 8.53. The molecule has 1 aliphatic heterocycles. The number of hydrogen-bond donors (Lipinski definition) is 1. The van der Waals surface area contributed by atoms with Crippen LogP contribution in [0.4, 0.5) is 5.82 Å². The van der Waals surface area contributed by atoms with E-state index in [1.165, 1.54) is 0 Å². The number of piperazine rings is 1. The molecule has 0 bridgehead atoms. The van der Waals surface area contributed by atoms with Gasteiger partial charge in [-0.15, -0.1) is 0 Å². The minimum Gasteiger partial charge on any atom is -0.369 e. The average Bonchev–Trinajstić information content (AvgIpc) is 2.86. The number of allylic oxidation sites excluding steroid dienone is 4. The molecule has 1 unspecified atom stereocenters. The van der Waals surface area contributed by atoms with Gasteiger partial charge in [0, 0.05) is 38.1 Å². The lowest BCUT2D eigenvalue weighted by molar-refractivity contribution is 0.178. The van der Waals surface area contributed by atoms with Crippen LogP contribution in [0.15, 0.2) is 48.6 Å². The fourth-order valence-corrected chi connectivity index (χ4v) is 6.15. The molecule has 0 radical (unpaired) electrons. The number of fused-ring (bicyclic) bond motifs is 1. The van der Waals surface area contributed by atoms with Crippen molar-refractivity contribution in [2.24, 2.45) is 5.92 Å². The minimum atomic E-state index is -3.23. The average molecular weight is 499 g/mol. The van der Waals surface area contributed by atoms with Crippen LogP contribution in [0.25, 0.3) is 10.9 Å². The SMILES string of the molecule is CN(C)CCCNc1nc(CN2CCN(S(=O)(=O)CCC3C=CC=CC3)CC2)nc2ccccc12. The van der Waals surface area contributed by atoms with Crippen molar-refractivity contribution in [1.82, 2.24) is 24.1 Å². The van der Waals surface area contributed by atoms with Crippen LogP contribution in [-0.2, 0) is 16.6 Å². The monoisotopic (exact) mass is 498 g/mol. The number of para-hydroxylation sites is 1. The van der Waals surface area contributed by atoms with Crippen molar-refractivity contribution in [3.8, 4) is 0 Å². The highest BCUT2D eigenvalue weighted by molar-refractivity contribution is 7.89. The predicted molar refractivity (Wildman–Crippen MR) is 143 cm³/mol. The molecule has 0 saturated carbocycles. The number of hydrogen-bond acceptors (Lipinski definition) is 7. The molecule has 4 rings (SSSR count). The van der Waals surface area contributed by atoms with E-state index in [0.29, 0.717) is 45.1 Å². The van der Waals surface area contributed by atoms with Gasteiger partial charge >= 0.3 is 0 Å². The third-order valence-electron chi connectivity index (χ3n) is 6.63. The fraction of sp³-hybridized carbons (Fsp3) is 0.538. The van der Waals surface area contributed by atoms with E-state index in [-0.39, 0.29) is 5.75 Å². The predicted octanol–water partition coefficient (Wildman–Crippen LogP) is 2.96. The second-order valence-electron chi connectivity index (χ2n) is 9.68. The molecule has 0 amide bonds. The second kappa shape index (κ2) is 12.1. The zero-order valence-corrected chi connectivity index (χ0v) is 21.8. The molecule has 2 aliphatic rings. The Morgan fingerprint density at radius 2 is 1.89 bits per heavy atom. The van der Waals surface area contributed by atoms with Gasteiger partial charge in [-0.2, -0.15) is 4.31 Å². The molecule has 9 heteroatoms. The van der Waals surface area contributed by atoms with Crippen LogP contribution in [-0.4, -0.2) is 91.6 Å². The van der Waals surface area contributed by atoms with Gasteiger partial charge < -0.3 is 10.2 Å². The first-order valence-electron chi connectivity index (χ1n) is 12.6. The summed E-state index contributed by atoms with van der Waals surface area (Å²) in [4.78, 5) is 14.1. The van der Waals surface area contributed by atoms with Gasteiger partial charge in [0.15, 0.2) is 0 Å². The summed E-state index contributed by atoms with van der Waals surface area (Å²) in [7, 11) is 0.927. The Balaban J connectivity index is 1.33. The van der Waals surface area contributed by atoms with Crippen LogP contribution in [0, 0.1) is 5.92 Å². The normalized spacial score (nSPS) is 19.6. The highest BCUT2D eigenvalue weighted by atomic mass is 32.2. The highest BCUT2D eigenvalue weighted by Gasteiger charge is 2.27. The van der Waals surface area contributed by atoms with E-state index in [2.05, 4.69) is 47.4 Å². The van der Waals surface area contributed by atoms with Gasteiger partial charge in [0.2, 0.25) is 10.0 Å². The van der Waals surface area contributed by atoms with Crippen LogP contribution >= 0.6 is 0 Å². The summed E-state index contributed by atoms with van der Waals surface area (Å²) in [5.41, 5.74) is 0.931. The van der Waals surface area contributed by atoms with E-state index >= 15 is 0 Å². The van der Waals surface area contributed by atoms with E-state index in [1.807, 2.05) is 30.4 Å². The van der Waals surface area contributed by atoms with E-state index < -0.39 is 10.0 Å². The first-order chi connectivity index (χ1) is 16.9. The zero-order chi connectivity index (χ0) is 24.7. The van der Waals surface area contributed by atoms with Crippen LogP contribution < -0.4 is 5.32 Å². The van der Waals surface area contributed by atoms with Gasteiger partial charge in [0.1, 0.15) is 11.6 Å². The van der Waals surface area contributed by atoms with Crippen LogP contribution in [0.2, 0.25) is 0 Å². The van der Waals surface area contributed by atoms with E-state index in [9.17, 15) is 8.42 Å². The lowest BCUT2D eigenvalue weighted by Gasteiger charge is -2.33. The van der Waals surface area contributed by atoms with Gasteiger partial charge in [0.05, 0.1) is 17.8 Å². The number of nitrogens with zero attached hydrogens (tertiary/aromatic N) is 5. The summed E-state index contributed by atoms with van der Waals surface area (Å²) < 4.78 is 27.4. The molecule has 1 aromatic heterocycles. The molecule has 35 heavy (non-hydrogen) atoms. The molecule has 2 aromatic rings. The second-order valence-corrected chi connectivity index (χ2v) is 11.8. The van der Waals surface area contributed by atoms with Crippen LogP contribution in [0.3, 0.4) is 0 Å². The maximum atomic E-state index is 12.9. The lowest BCUT2D eigenvalue weighted by Crippen LogP contribution is -2.49. The molecule has 0 spiro atoms. The number of anilines is 1. The van der Waals surface area contributed by atoms with Crippen molar-refractivity contribution in [1.29, 1.82) is 0 Å². The highest BCUT2D eigenvalue weighted by Crippen LogP contribution is 2.22. The van der Waals surface area contributed by atoms with Crippen molar-refractivity contribution < 1.29 is 8.42 Å². The van der Waals surface area contributed by atoms with Crippen molar-refractivity contribution in [2.75, 3.05) is 64.4 Å². The van der Waals surface area contributed by atoms with Gasteiger partial charge in [-0.1, -0.05) is 36.4 Å². The summed E-state index contributed by atoms with van der Waals surface area (Å²) in [5, 5.41) is 4.52. The first-order valence-corrected chi connectivity index (χ1v) is 14.2. The molecule has 1 aromatic carbocycles. The molecule has 8 nitrogen and oxygen atoms in total. The number of benzene rings is 1. The van der Waals surface area contributed by atoms with E-state index in [4.69, 9.17) is 9.97 Å². The van der Waals surface area contributed by atoms with Crippen LogP contribution in [0.1, 0.15) is 25.1 Å². The smallest absolute Gasteiger partial charge is 0.214 e. The Bertz CT molecular complexity index is 1140. The molecule has 1 atom stereocenters. The van der Waals surface area contributed by atoms with E-state index in [0.717, 1.165) is 48.5 Å². The summed E-state index contributed by atoms with van der Waals surface area (Å²) >= 11 is 0. The third kappa shape index (κ3) is 7.33. The molecule has 190 valence electrons. The topological polar surface area (TPSA) is 81.7 Å². The van der Waals surface area contributed by atoms with Crippen molar-refractivity contribution in [2.45, 2.75) is 25.8 Å². The zero-order valence-electron chi connectivity index (χ0n) is 20.9. The molecular weight excluding hydrogens is 460 g/mol. The van der Waals surface area contributed by atoms with Crippen molar-refractivity contribution in [3.05, 3.63) is 54.4 Å². The Labute approximate surface area is 209 Å². The Morgan fingerprint density at radius 3 is 2.63 bits per heavy atom. The van der Waals surface area contributed by atoms with Gasteiger partial charge in [-0.3, -0.25) is 4.90 Å². The molecule has 1 saturated heterocycles. The number of sulfonamides is 1. The van der Waals surface area contributed by atoms with Crippen molar-refractivity contribution >= 4 is 26.7 Å². The molecule has 1 fully saturated rings. The van der Waals surface area contributed by atoms with Gasteiger partial charge in [0.25, 0.3) is 0 Å². The maximum absolute atomic E-state index is 12.9. The van der Waals surface area contributed by atoms with Gasteiger partial charge in [-0.25, -0.2) is 18.4 Å². The lowest BCUT2D eigenvalue weighted by atomic mass is 9.98. The van der Waals surface area contributed by atoms with E-state index in [1.54, 1.807) is 4.31 Å². The number of nitrogens with one attached hydrogen (secondary N) is 1. The minimum absolute atomic E-state index is 0.215. The molecular formula is C26H38N6O2S. The van der Waals surface area contributed by atoms with Gasteiger partial charge in [-0.05, 0) is 58.0 Å². The quantitative estimate of drug-likeness (QED) is 0.477. The Hall–Kier alpha value is -2.33. The number of aromatic nitrogens is 2. The van der Waals surface area contributed by atoms with Crippen molar-refractivity contribution in [3.63, 3.8) is 0 Å². The summed E-state index contributed by atoms with van der Waals surface area (Å²) in [5.74, 6) is 2.18. The molecule has 2 heterocycles. The first kappa shape index (κ1) is 25.8. The molecule has 1 aliphatic carbocycles. The summed E-state index contributed by atoms with van der Waals surface area (Å²) in [6, 6.07) is 8.08. The number of rotatable bonds is 11. The Kier molecular flexibility index (Phi) is 8.89. The summed E-state index contributed by atoms with van der Waals surface area (Å²) in [6.45, 7) is 4.90. The standard InChI is InChI=1S/C26H38N6O2S/c1-30(2)15-8-14-27-26-23-11-6-7-12-24(23)28-25(29-26)21-31-16-18-32(19-17-31)35(33,34)20-13-22-9-4-3-5-10-22/h3-7,9,11-12,22H,8,10,13-21H2,1-2H3,(H,27,28,29). The van der Waals surface area contributed by atoms with Crippen LogP contribution in [0.5, 0.6) is 0 Å².